The second kappa shape index (κ2) is 23.0. The third-order valence-corrected chi connectivity index (χ3v) is 3.09. The van der Waals surface area contributed by atoms with E-state index in [1.54, 1.807) is 0 Å². The fourth-order valence-corrected chi connectivity index (χ4v) is 1.83. The average Bonchev–Trinajstić information content (AvgIpc) is 2.55. The highest BCUT2D eigenvalue weighted by molar-refractivity contribution is 4.58. The second-order valence-corrected chi connectivity index (χ2v) is 10.0. The highest BCUT2D eigenvalue weighted by atomic mass is 16.5. The lowest BCUT2D eigenvalue weighted by Gasteiger charge is -2.19. The van der Waals surface area contributed by atoms with Crippen molar-refractivity contribution in [3.05, 3.63) is 0 Å². The molecular formula is C26H60O5. The third-order valence-electron chi connectivity index (χ3n) is 3.09. The molecule has 0 unspecified atom stereocenters. The highest BCUT2D eigenvalue weighted by Crippen LogP contribution is 2.07. The van der Waals surface area contributed by atoms with E-state index in [9.17, 15) is 0 Å². The molecule has 0 rings (SSSR count). The van der Waals surface area contributed by atoms with Crippen LogP contribution in [-0.2, 0) is 23.7 Å². The molecule has 0 saturated heterocycles. The van der Waals surface area contributed by atoms with E-state index in [2.05, 4.69) is 55.4 Å². The van der Waals surface area contributed by atoms with Gasteiger partial charge >= 0.3 is 0 Å². The summed E-state index contributed by atoms with van der Waals surface area (Å²) in [5.41, 5.74) is 0.0337. The van der Waals surface area contributed by atoms with Gasteiger partial charge in [0, 0.05) is 19.8 Å². The van der Waals surface area contributed by atoms with Crippen LogP contribution in [0, 0.1) is 0 Å². The standard InChI is InChI=1S/C11H24O3.C8H18O.C6H14O.CH4/c1-5-6-12-7-8-13-9-10-14-11(2,3)4;1-5-6-7-9-8(2,3)4;1-5-7-6(2,3)4;/h5-10H2,1-4H3;5-7H2,1-4H3;5H2,1-4H3;1H4. The van der Waals surface area contributed by atoms with Crippen molar-refractivity contribution in [1.29, 1.82) is 0 Å². The smallest absolute Gasteiger partial charge is 0.0707 e. The SMILES string of the molecule is C.CCCCOC(C)(C)C.CCCOCCOCCOC(C)(C)C.CCOC(C)(C)C. The Morgan fingerprint density at radius 2 is 0.839 bits per heavy atom. The summed E-state index contributed by atoms with van der Waals surface area (Å²) < 4.78 is 26.8. The number of ether oxygens (including phenoxy) is 5. The van der Waals surface area contributed by atoms with Crippen LogP contribution in [0.15, 0.2) is 0 Å². The molecule has 0 bridgehead atoms. The molecule has 0 aliphatic rings. The first-order valence-electron chi connectivity index (χ1n) is 11.8. The van der Waals surface area contributed by atoms with Gasteiger partial charge < -0.3 is 23.7 Å². The fraction of sp³-hybridized carbons (Fsp3) is 1.00. The molecule has 0 aliphatic carbocycles. The van der Waals surface area contributed by atoms with Crippen molar-refractivity contribution >= 4 is 0 Å². The highest BCUT2D eigenvalue weighted by Gasteiger charge is 2.09. The molecule has 0 saturated carbocycles. The quantitative estimate of drug-likeness (QED) is 0.291. The van der Waals surface area contributed by atoms with E-state index in [1.807, 2.05) is 27.7 Å². The molecule has 0 aromatic carbocycles. The molecule has 0 aliphatic heterocycles. The van der Waals surface area contributed by atoms with E-state index in [-0.39, 0.29) is 24.2 Å². The number of unbranched alkanes of at least 4 members (excludes halogenated alkanes) is 1. The molecule has 0 amide bonds. The van der Waals surface area contributed by atoms with E-state index in [4.69, 9.17) is 23.7 Å². The van der Waals surface area contributed by atoms with Crippen LogP contribution in [0.1, 0.15) is 110 Å². The Morgan fingerprint density at radius 3 is 1.16 bits per heavy atom. The van der Waals surface area contributed by atoms with Crippen LogP contribution in [0.25, 0.3) is 0 Å². The number of rotatable bonds is 12. The number of hydrogen-bond donors (Lipinski definition) is 0. The average molecular weight is 453 g/mol. The van der Waals surface area contributed by atoms with Crippen molar-refractivity contribution in [2.45, 2.75) is 127 Å². The summed E-state index contributed by atoms with van der Waals surface area (Å²) in [6, 6.07) is 0. The molecule has 0 spiro atoms. The van der Waals surface area contributed by atoms with Crippen LogP contribution in [0.3, 0.4) is 0 Å². The van der Waals surface area contributed by atoms with E-state index >= 15 is 0 Å². The van der Waals surface area contributed by atoms with Crippen LogP contribution in [-0.4, -0.2) is 63.1 Å². The van der Waals surface area contributed by atoms with Crippen LogP contribution in [0.2, 0.25) is 0 Å². The van der Waals surface area contributed by atoms with Gasteiger partial charge in [-0.2, -0.15) is 0 Å². The first kappa shape index (κ1) is 38.1. The first-order valence-corrected chi connectivity index (χ1v) is 11.8. The zero-order valence-electron chi connectivity index (χ0n) is 22.6. The van der Waals surface area contributed by atoms with Gasteiger partial charge in [0.25, 0.3) is 0 Å². The molecule has 31 heavy (non-hydrogen) atoms. The van der Waals surface area contributed by atoms with Gasteiger partial charge in [-0.3, -0.25) is 0 Å². The van der Waals surface area contributed by atoms with Gasteiger partial charge in [-0.25, -0.2) is 0 Å². The summed E-state index contributed by atoms with van der Waals surface area (Å²) in [5.74, 6) is 0. The predicted molar refractivity (Wildman–Crippen MR) is 136 cm³/mol. The van der Waals surface area contributed by atoms with Crippen LogP contribution < -0.4 is 0 Å². The van der Waals surface area contributed by atoms with E-state index in [1.165, 1.54) is 12.8 Å². The summed E-state index contributed by atoms with van der Waals surface area (Å²) in [7, 11) is 0. The Morgan fingerprint density at radius 1 is 0.452 bits per heavy atom. The summed E-state index contributed by atoms with van der Waals surface area (Å²) in [6.45, 7) is 30.0. The minimum atomic E-state index is -0.0674. The predicted octanol–water partition coefficient (Wildman–Crippen LogP) is 7.30. The van der Waals surface area contributed by atoms with Gasteiger partial charge in [0.2, 0.25) is 0 Å². The maximum absolute atomic E-state index is 5.49. The van der Waals surface area contributed by atoms with E-state index in [0.29, 0.717) is 26.4 Å². The molecular weight excluding hydrogens is 392 g/mol. The van der Waals surface area contributed by atoms with Crippen molar-refractivity contribution in [2.24, 2.45) is 0 Å². The van der Waals surface area contributed by atoms with E-state index in [0.717, 1.165) is 26.2 Å². The zero-order valence-corrected chi connectivity index (χ0v) is 22.6. The minimum absolute atomic E-state index is 0. The maximum atomic E-state index is 5.49. The van der Waals surface area contributed by atoms with Crippen LogP contribution >= 0.6 is 0 Å². The molecule has 0 aromatic rings. The molecule has 0 radical (unpaired) electrons. The second-order valence-electron chi connectivity index (χ2n) is 10.0. The Balaban J connectivity index is -0.000000186. The molecule has 5 heteroatoms. The van der Waals surface area contributed by atoms with E-state index < -0.39 is 0 Å². The summed E-state index contributed by atoms with van der Waals surface area (Å²) in [4.78, 5) is 0. The lowest BCUT2D eigenvalue weighted by Crippen LogP contribution is -2.22. The van der Waals surface area contributed by atoms with Crippen molar-refractivity contribution in [3.8, 4) is 0 Å². The number of hydrogen-bond acceptors (Lipinski definition) is 5. The van der Waals surface area contributed by atoms with Crippen molar-refractivity contribution in [3.63, 3.8) is 0 Å². The van der Waals surface area contributed by atoms with Crippen molar-refractivity contribution < 1.29 is 23.7 Å². The maximum Gasteiger partial charge on any atom is 0.0707 e. The molecule has 0 fully saturated rings. The summed E-state index contributed by atoms with van der Waals surface area (Å²) in [5, 5.41) is 0. The van der Waals surface area contributed by atoms with Gasteiger partial charge in [-0.15, -0.1) is 0 Å². The molecule has 5 nitrogen and oxygen atoms in total. The lowest BCUT2D eigenvalue weighted by atomic mass is 10.2. The normalized spacial score (nSPS) is 11.6. The molecule has 0 aromatic heterocycles. The third kappa shape index (κ3) is 53.2. The van der Waals surface area contributed by atoms with Crippen LogP contribution in [0.5, 0.6) is 0 Å². The molecule has 0 heterocycles. The minimum Gasteiger partial charge on any atom is -0.379 e. The van der Waals surface area contributed by atoms with Crippen molar-refractivity contribution in [1.82, 2.24) is 0 Å². The van der Waals surface area contributed by atoms with Gasteiger partial charge in [0.05, 0.1) is 43.2 Å². The topological polar surface area (TPSA) is 46.2 Å². The van der Waals surface area contributed by atoms with Gasteiger partial charge in [-0.05, 0) is 82.1 Å². The monoisotopic (exact) mass is 452 g/mol. The Kier molecular flexibility index (Phi) is 28.2. The summed E-state index contributed by atoms with van der Waals surface area (Å²) >= 11 is 0. The van der Waals surface area contributed by atoms with Crippen molar-refractivity contribution in [2.75, 3.05) is 46.2 Å². The van der Waals surface area contributed by atoms with Gasteiger partial charge in [0.1, 0.15) is 0 Å². The first-order chi connectivity index (χ1) is 13.7. The fourth-order valence-electron chi connectivity index (χ4n) is 1.83. The Hall–Kier alpha value is -0.200. The Labute approximate surface area is 196 Å². The molecule has 0 N–H and O–H groups in total. The zero-order chi connectivity index (χ0) is 24.1. The Bertz CT molecular complexity index is 324. The molecule has 194 valence electrons. The van der Waals surface area contributed by atoms with Gasteiger partial charge in [-0.1, -0.05) is 27.7 Å². The summed E-state index contributed by atoms with van der Waals surface area (Å²) in [6.07, 6.45) is 3.46. The largest absolute Gasteiger partial charge is 0.379 e. The lowest BCUT2D eigenvalue weighted by molar-refractivity contribution is -0.0424. The van der Waals surface area contributed by atoms with Gasteiger partial charge in [0.15, 0.2) is 0 Å². The molecule has 0 atom stereocenters. The van der Waals surface area contributed by atoms with Crippen LogP contribution in [0.4, 0.5) is 0 Å².